The largest absolute Gasteiger partial charge is 0.497 e. The van der Waals surface area contributed by atoms with Crippen molar-refractivity contribution in [1.82, 2.24) is 5.16 Å². The Labute approximate surface area is 192 Å². The topological polar surface area (TPSA) is 89.7 Å². The van der Waals surface area contributed by atoms with Crippen molar-refractivity contribution in [2.75, 3.05) is 12.0 Å². The first kappa shape index (κ1) is 22.5. The van der Waals surface area contributed by atoms with Gasteiger partial charge in [0.2, 0.25) is 5.78 Å². The number of aromatic nitrogens is 1. The number of carbonyl (C=O) groups excluding carboxylic acids is 3. The molecule has 3 aromatic rings. The average Bonchev–Trinajstić information content (AvgIpc) is 3.47. The molecule has 4 rings (SSSR count). The minimum atomic E-state index is -1.05. The molecular formula is C26H26N2O5. The lowest BCUT2D eigenvalue weighted by molar-refractivity contribution is -0.135. The lowest BCUT2D eigenvalue weighted by Gasteiger charge is -2.33. The van der Waals surface area contributed by atoms with Crippen LogP contribution in [0.2, 0.25) is 0 Å². The maximum atomic E-state index is 13.5. The van der Waals surface area contributed by atoms with Crippen molar-refractivity contribution < 1.29 is 23.6 Å². The summed E-state index contributed by atoms with van der Waals surface area (Å²) in [4.78, 5) is 41.3. The number of anilines is 1. The summed E-state index contributed by atoms with van der Waals surface area (Å²) < 4.78 is 10.1. The number of rotatable bonds is 8. The number of methoxy groups -OCH3 is 1. The predicted molar refractivity (Wildman–Crippen MR) is 123 cm³/mol. The van der Waals surface area contributed by atoms with E-state index in [0.717, 1.165) is 18.4 Å². The molecule has 7 heteroatoms. The standard InChI is InChI=1S/C26H26N2O5/c1-4-16(5-2)23-22(24(29)18-8-12-20(32-3)13-9-18)25(30)26(31)28(23)19-10-6-17(7-11-19)21-14-15-33-27-21/h6-16,22-23H,4-5H2,1-3H3. The van der Waals surface area contributed by atoms with Gasteiger partial charge in [-0.25, -0.2) is 0 Å². The smallest absolute Gasteiger partial charge is 0.295 e. The van der Waals surface area contributed by atoms with Crippen LogP contribution >= 0.6 is 0 Å². The fraction of sp³-hybridized carbons (Fsp3) is 0.308. The third-order valence-corrected chi connectivity index (χ3v) is 6.42. The monoisotopic (exact) mass is 446 g/mol. The molecule has 0 aliphatic carbocycles. The number of amides is 1. The molecule has 0 radical (unpaired) electrons. The number of Topliss-reactive ketones (excluding diaryl/α,β-unsaturated/α-hetero) is 2. The average molecular weight is 447 g/mol. The normalized spacial score (nSPS) is 18.2. The van der Waals surface area contributed by atoms with Crippen LogP contribution in [0.3, 0.4) is 0 Å². The third-order valence-electron chi connectivity index (χ3n) is 6.42. The van der Waals surface area contributed by atoms with E-state index in [-0.39, 0.29) is 11.7 Å². The number of hydrogen-bond donors (Lipinski definition) is 0. The van der Waals surface area contributed by atoms with E-state index in [4.69, 9.17) is 9.26 Å². The molecule has 2 unspecified atom stereocenters. The molecule has 1 aliphatic heterocycles. The van der Waals surface area contributed by atoms with E-state index in [1.165, 1.54) is 11.2 Å². The summed E-state index contributed by atoms with van der Waals surface area (Å²) >= 11 is 0. The molecular weight excluding hydrogens is 420 g/mol. The fourth-order valence-corrected chi connectivity index (χ4v) is 4.60. The molecule has 7 nitrogen and oxygen atoms in total. The van der Waals surface area contributed by atoms with Crippen LogP contribution < -0.4 is 9.64 Å². The summed E-state index contributed by atoms with van der Waals surface area (Å²) in [6.45, 7) is 4.03. The number of ether oxygens (including phenoxy) is 1. The van der Waals surface area contributed by atoms with E-state index >= 15 is 0 Å². The van der Waals surface area contributed by atoms with Gasteiger partial charge in [0, 0.05) is 22.9 Å². The van der Waals surface area contributed by atoms with Gasteiger partial charge in [0.1, 0.15) is 23.6 Å². The lowest BCUT2D eigenvalue weighted by Crippen LogP contribution is -2.43. The summed E-state index contributed by atoms with van der Waals surface area (Å²) in [6.07, 6.45) is 2.97. The molecule has 170 valence electrons. The van der Waals surface area contributed by atoms with E-state index in [9.17, 15) is 14.4 Å². The lowest BCUT2D eigenvalue weighted by atomic mass is 9.81. The van der Waals surface area contributed by atoms with Crippen molar-refractivity contribution in [2.45, 2.75) is 32.7 Å². The molecule has 1 aliphatic rings. The molecule has 1 aromatic heterocycles. The van der Waals surface area contributed by atoms with Crippen LogP contribution in [0, 0.1) is 11.8 Å². The van der Waals surface area contributed by atoms with Crippen LogP contribution in [-0.4, -0.2) is 35.8 Å². The molecule has 33 heavy (non-hydrogen) atoms. The van der Waals surface area contributed by atoms with Crippen LogP contribution in [0.1, 0.15) is 37.0 Å². The van der Waals surface area contributed by atoms with Gasteiger partial charge in [0.05, 0.1) is 13.2 Å². The molecule has 2 aromatic carbocycles. The number of carbonyl (C=O) groups is 3. The van der Waals surface area contributed by atoms with Crippen molar-refractivity contribution >= 4 is 23.2 Å². The maximum Gasteiger partial charge on any atom is 0.295 e. The molecule has 2 atom stereocenters. The molecule has 0 N–H and O–H groups in total. The highest BCUT2D eigenvalue weighted by Crippen LogP contribution is 2.38. The van der Waals surface area contributed by atoms with Crippen LogP contribution in [0.4, 0.5) is 5.69 Å². The maximum absolute atomic E-state index is 13.5. The van der Waals surface area contributed by atoms with Crippen molar-refractivity contribution in [3.8, 4) is 17.0 Å². The second-order valence-electron chi connectivity index (χ2n) is 8.11. The van der Waals surface area contributed by atoms with Gasteiger partial charge in [-0.05, 0) is 42.3 Å². The molecule has 1 amide bonds. The van der Waals surface area contributed by atoms with Gasteiger partial charge in [-0.15, -0.1) is 0 Å². The van der Waals surface area contributed by atoms with Crippen molar-refractivity contribution in [2.24, 2.45) is 11.8 Å². The number of ketones is 2. The first-order chi connectivity index (χ1) is 16.0. The molecule has 0 saturated carbocycles. The Hall–Kier alpha value is -3.74. The molecule has 1 saturated heterocycles. The van der Waals surface area contributed by atoms with Gasteiger partial charge >= 0.3 is 0 Å². The fourth-order valence-electron chi connectivity index (χ4n) is 4.60. The first-order valence-electron chi connectivity index (χ1n) is 11.1. The van der Waals surface area contributed by atoms with Gasteiger partial charge in [-0.2, -0.15) is 0 Å². The predicted octanol–water partition coefficient (Wildman–Crippen LogP) is 4.57. The molecule has 2 heterocycles. The Morgan fingerprint density at radius 3 is 2.24 bits per heavy atom. The van der Waals surface area contributed by atoms with Gasteiger partial charge < -0.3 is 14.2 Å². The number of benzene rings is 2. The van der Waals surface area contributed by atoms with Gasteiger partial charge in [0.25, 0.3) is 5.91 Å². The van der Waals surface area contributed by atoms with E-state index in [1.54, 1.807) is 49.6 Å². The summed E-state index contributed by atoms with van der Waals surface area (Å²) in [6, 6.07) is 15.1. The number of nitrogens with zero attached hydrogens (tertiary/aromatic N) is 2. The Morgan fingerprint density at radius 2 is 1.70 bits per heavy atom. The summed E-state index contributed by atoms with van der Waals surface area (Å²) in [5.41, 5.74) is 2.48. The van der Waals surface area contributed by atoms with Gasteiger partial charge in [-0.3, -0.25) is 14.4 Å². The van der Waals surface area contributed by atoms with Gasteiger partial charge in [-0.1, -0.05) is 44.0 Å². The van der Waals surface area contributed by atoms with Crippen LogP contribution in [0.25, 0.3) is 11.3 Å². The first-order valence-corrected chi connectivity index (χ1v) is 11.1. The van der Waals surface area contributed by atoms with Crippen LogP contribution in [0.15, 0.2) is 65.4 Å². The summed E-state index contributed by atoms with van der Waals surface area (Å²) in [5, 5.41) is 3.93. The number of hydrogen-bond acceptors (Lipinski definition) is 6. The SMILES string of the molecule is CCC(CC)C1C(C(=O)c2ccc(OC)cc2)C(=O)C(=O)N1c1ccc(-c2ccon2)cc1. The quantitative estimate of drug-likeness (QED) is 0.286. The third kappa shape index (κ3) is 4.06. The molecule has 1 fully saturated rings. The van der Waals surface area contributed by atoms with Gasteiger partial charge in [0.15, 0.2) is 5.78 Å². The molecule has 0 bridgehead atoms. The van der Waals surface area contributed by atoms with Crippen molar-refractivity contribution in [3.05, 3.63) is 66.4 Å². The second-order valence-corrected chi connectivity index (χ2v) is 8.11. The van der Waals surface area contributed by atoms with Crippen LogP contribution in [0.5, 0.6) is 5.75 Å². The van der Waals surface area contributed by atoms with E-state index in [2.05, 4.69) is 5.16 Å². The second kappa shape index (κ2) is 9.40. The Bertz CT molecular complexity index is 1130. The van der Waals surface area contributed by atoms with Crippen molar-refractivity contribution in [1.29, 1.82) is 0 Å². The van der Waals surface area contributed by atoms with Crippen molar-refractivity contribution in [3.63, 3.8) is 0 Å². The zero-order chi connectivity index (χ0) is 23.5. The van der Waals surface area contributed by atoms with Crippen LogP contribution in [-0.2, 0) is 9.59 Å². The summed E-state index contributed by atoms with van der Waals surface area (Å²) in [7, 11) is 1.55. The minimum Gasteiger partial charge on any atom is -0.497 e. The minimum absolute atomic E-state index is 0.0113. The molecule has 0 spiro atoms. The summed E-state index contributed by atoms with van der Waals surface area (Å²) in [5.74, 6) is -2.09. The van der Waals surface area contributed by atoms with E-state index < -0.39 is 23.7 Å². The van der Waals surface area contributed by atoms with E-state index in [0.29, 0.717) is 22.7 Å². The Balaban J connectivity index is 1.72. The van der Waals surface area contributed by atoms with E-state index in [1.807, 2.05) is 26.0 Å². The highest BCUT2D eigenvalue weighted by atomic mass is 16.5. The highest BCUT2D eigenvalue weighted by Gasteiger charge is 2.53. The zero-order valence-electron chi connectivity index (χ0n) is 18.9. The zero-order valence-corrected chi connectivity index (χ0v) is 18.9. The highest BCUT2D eigenvalue weighted by molar-refractivity contribution is 6.49. The Morgan fingerprint density at radius 1 is 1.03 bits per heavy atom. The Kier molecular flexibility index (Phi) is 6.40.